The minimum Gasteiger partial charge on any atom is -0.477 e. The van der Waals surface area contributed by atoms with Crippen molar-refractivity contribution in [3.8, 4) is 5.75 Å². The zero-order chi connectivity index (χ0) is 18.0. The molecule has 1 aromatic carbocycles. The van der Waals surface area contributed by atoms with Crippen molar-refractivity contribution in [1.29, 1.82) is 0 Å². The van der Waals surface area contributed by atoms with Crippen molar-refractivity contribution in [3.05, 3.63) is 64.0 Å². The van der Waals surface area contributed by atoms with Crippen LogP contribution in [0.1, 0.15) is 18.2 Å². The summed E-state index contributed by atoms with van der Waals surface area (Å²) in [6, 6.07) is 8.71. The summed E-state index contributed by atoms with van der Waals surface area (Å²) < 4.78 is 12.7. The van der Waals surface area contributed by atoms with Gasteiger partial charge in [0.15, 0.2) is 6.10 Å². The van der Waals surface area contributed by atoms with Gasteiger partial charge in [-0.05, 0) is 43.7 Å². The molecule has 0 saturated heterocycles. The molecule has 0 aliphatic heterocycles. The van der Waals surface area contributed by atoms with Gasteiger partial charge in [0, 0.05) is 17.4 Å². The van der Waals surface area contributed by atoms with Crippen LogP contribution in [-0.4, -0.2) is 21.5 Å². The van der Waals surface area contributed by atoms with Gasteiger partial charge in [0.05, 0.1) is 10.7 Å². The number of imidazole rings is 1. The number of nitrogens with zero attached hydrogens (tertiary/aromatic N) is 2. The van der Waals surface area contributed by atoms with Crippen LogP contribution in [0.3, 0.4) is 0 Å². The fraction of sp³-hybridized carbons (Fsp3) is 0.222. The number of carbonyl (C=O) groups excluding carboxylic acids is 1. The molecule has 25 heavy (non-hydrogen) atoms. The number of benzene rings is 1. The van der Waals surface area contributed by atoms with Crippen LogP contribution in [0.4, 0.5) is 0 Å². The summed E-state index contributed by atoms with van der Waals surface area (Å²) in [4.78, 5) is 16.6. The second-order valence-electron chi connectivity index (χ2n) is 5.60. The number of pyridine rings is 1. The number of hydrogen-bond acceptors (Lipinski definition) is 4. The molecule has 2 heterocycles. The molecule has 0 bridgehead atoms. The van der Waals surface area contributed by atoms with Crippen molar-refractivity contribution in [3.63, 3.8) is 0 Å². The summed E-state index contributed by atoms with van der Waals surface area (Å²) in [5.74, 6) is -0.126. The minimum absolute atomic E-state index is 0.0714. The van der Waals surface area contributed by atoms with Crippen molar-refractivity contribution in [2.24, 2.45) is 0 Å². The Morgan fingerprint density at radius 1 is 1.32 bits per heavy atom. The zero-order valence-corrected chi connectivity index (χ0v) is 15.2. The number of carbonyl (C=O) groups is 1. The molecule has 3 aromatic rings. The molecular weight excluding hydrogens is 363 g/mol. The molecular formula is C18H16Cl2N2O3. The lowest BCUT2D eigenvalue weighted by atomic mass is 10.3. The number of rotatable bonds is 5. The van der Waals surface area contributed by atoms with Crippen LogP contribution >= 0.6 is 23.2 Å². The highest BCUT2D eigenvalue weighted by Gasteiger charge is 2.18. The first kappa shape index (κ1) is 17.6. The molecule has 1 unspecified atom stereocenters. The lowest BCUT2D eigenvalue weighted by Gasteiger charge is -2.14. The average Bonchev–Trinajstić information content (AvgIpc) is 2.99. The molecule has 0 aliphatic carbocycles. The first-order valence-electron chi connectivity index (χ1n) is 7.65. The van der Waals surface area contributed by atoms with E-state index < -0.39 is 12.1 Å². The summed E-state index contributed by atoms with van der Waals surface area (Å²) in [5, 5.41) is 0.831. The van der Waals surface area contributed by atoms with E-state index in [9.17, 15) is 4.79 Å². The van der Waals surface area contributed by atoms with Crippen LogP contribution in [0.25, 0.3) is 5.65 Å². The SMILES string of the molecule is Cc1cccn2cc(COC(=O)C(C)Oc3ccc(Cl)cc3Cl)nc12. The van der Waals surface area contributed by atoms with Gasteiger partial charge in [0.1, 0.15) is 18.0 Å². The van der Waals surface area contributed by atoms with Gasteiger partial charge in [-0.25, -0.2) is 9.78 Å². The van der Waals surface area contributed by atoms with Crippen LogP contribution in [0.2, 0.25) is 10.0 Å². The normalized spacial score (nSPS) is 12.2. The second-order valence-corrected chi connectivity index (χ2v) is 6.44. The Kier molecular flexibility index (Phi) is 5.16. The molecule has 2 aromatic heterocycles. The maximum absolute atomic E-state index is 12.1. The fourth-order valence-electron chi connectivity index (χ4n) is 2.35. The Morgan fingerprint density at radius 3 is 2.84 bits per heavy atom. The van der Waals surface area contributed by atoms with E-state index in [1.54, 1.807) is 25.1 Å². The maximum Gasteiger partial charge on any atom is 0.347 e. The number of aromatic nitrogens is 2. The van der Waals surface area contributed by atoms with Crippen molar-refractivity contribution >= 4 is 34.8 Å². The van der Waals surface area contributed by atoms with Gasteiger partial charge in [0.2, 0.25) is 0 Å². The van der Waals surface area contributed by atoms with Gasteiger partial charge in [0.25, 0.3) is 0 Å². The third-order valence-electron chi connectivity index (χ3n) is 3.62. The van der Waals surface area contributed by atoms with E-state index in [2.05, 4.69) is 4.98 Å². The van der Waals surface area contributed by atoms with Crippen LogP contribution in [-0.2, 0) is 16.1 Å². The van der Waals surface area contributed by atoms with Crippen molar-refractivity contribution in [2.75, 3.05) is 0 Å². The molecule has 0 amide bonds. The largest absolute Gasteiger partial charge is 0.477 e. The summed E-state index contributed by atoms with van der Waals surface area (Å²) in [6.45, 7) is 3.65. The lowest BCUT2D eigenvalue weighted by Crippen LogP contribution is -2.26. The van der Waals surface area contributed by atoms with Crippen molar-refractivity contribution in [1.82, 2.24) is 9.38 Å². The Bertz CT molecular complexity index is 924. The molecule has 0 radical (unpaired) electrons. The minimum atomic E-state index is -0.808. The highest BCUT2D eigenvalue weighted by molar-refractivity contribution is 6.35. The summed E-state index contributed by atoms with van der Waals surface area (Å²) >= 11 is 11.9. The van der Waals surface area contributed by atoms with Crippen LogP contribution in [0.15, 0.2) is 42.7 Å². The number of aryl methyl sites for hydroxylation is 1. The van der Waals surface area contributed by atoms with Crippen molar-refractivity contribution < 1.29 is 14.3 Å². The first-order chi connectivity index (χ1) is 11.9. The van der Waals surface area contributed by atoms with E-state index in [1.165, 1.54) is 0 Å². The monoisotopic (exact) mass is 378 g/mol. The summed E-state index contributed by atoms with van der Waals surface area (Å²) in [5.41, 5.74) is 2.55. The Morgan fingerprint density at radius 2 is 2.12 bits per heavy atom. The molecule has 130 valence electrons. The Hall–Kier alpha value is -2.24. The molecule has 0 spiro atoms. The Balaban J connectivity index is 1.62. The third kappa shape index (κ3) is 4.06. The maximum atomic E-state index is 12.1. The summed E-state index contributed by atoms with van der Waals surface area (Å²) in [7, 11) is 0. The van der Waals surface area contributed by atoms with Crippen LogP contribution in [0.5, 0.6) is 5.75 Å². The van der Waals surface area contributed by atoms with E-state index >= 15 is 0 Å². The number of halogens is 2. The van der Waals surface area contributed by atoms with E-state index in [1.807, 2.05) is 35.9 Å². The summed E-state index contributed by atoms with van der Waals surface area (Å²) in [6.07, 6.45) is 2.92. The second kappa shape index (κ2) is 7.33. The van der Waals surface area contributed by atoms with Gasteiger partial charge >= 0.3 is 5.97 Å². The van der Waals surface area contributed by atoms with E-state index in [4.69, 9.17) is 32.7 Å². The predicted octanol–water partition coefficient (Wildman–Crippen LogP) is 4.46. The van der Waals surface area contributed by atoms with Gasteiger partial charge in [-0.2, -0.15) is 0 Å². The molecule has 0 fully saturated rings. The van der Waals surface area contributed by atoms with Crippen molar-refractivity contribution in [2.45, 2.75) is 26.6 Å². The first-order valence-corrected chi connectivity index (χ1v) is 8.41. The lowest BCUT2D eigenvalue weighted by molar-refractivity contribution is -0.152. The molecule has 1 atom stereocenters. The Labute approximate surface area is 155 Å². The molecule has 7 heteroatoms. The molecule has 0 saturated carbocycles. The molecule has 0 N–H and O–H groups in total. The number of ether oxygens (including phenoxy) is 2. The highest BCUT2D eigenvalue weighted by atomic mass is 35.5. The third-order valence-corrected chi connectivity index (χ3v) is 4.15. The van der Waals surface area contributed by atoms with Crippen LogP contribution < -0.4 is 4.74 Å². The van der Waals surface area contributed by atoms with Gasteiger partial charge in [-0.15, -0.1) is 0 Å². The molecule has 0 aliphatic rings. The smallest absolute Gasteiger partial charge is 0.347 e. The predicted molar refractivity (Wildman–Crippen MR) is 96.3 cm³/mol. The van der Waals surface area contributed by atoms with E-state index in [0.29, 0.717) is 21.5 Å². The van der Waals surface area contributed by atoms with Gasteiger partial charge < -0.3 is 13.9 Å². The zero-order valence-electron chi connectivity index (χ0n) is 13.7. The van der Waals surface area contributed by atoms with E-state index in [-0.39, 0.29) is 6.61 Å². The standard InChI is InChI=1S/C18H16Cl2N2O3/c1-11-4-3-7-22-9-14(21-17(11)22)10-24-18(23)12(2)25-16-6-5-13(19)8-15(16)20/h3-9,12H,10H2,1-2H3. The van der Waals surface area contributed by atoms with Gasteiger partial charge in [-0.1, -0.05) is 29.3 Å². The van der Waals surface area contributed by atoms with E-state index in [0.717, 1.165) is 11.2 Å². The average molecular weight is 379 g/mol. The topological polar surface area (TPSA) is 52.8 Å². The number of fused-ring (bicyclic) bond motifs is 1. The van der Waals surface area contributed by atoms with Crippen LogP contribution in [0, 0.1) is 6.92 Å². The number of hydrogen-bond donors (Lipinski definition) is 0. The fourth-order valence-corrected chi connectivity index (χ4v) is 2.80. The van der Waals surface area contributed by atoms with Gasteiger partial charge in [-0.3, -0.25) is 0 Å². The molecule has 3 rings (SSSR count). The highest BCUT2D eigenvalue weighted by Crippen LogP contribution is 2.28. The number of esters is 1. The quantitative estimate of drug-likeness (QED) is 0.615. The molecule has 5 nitrogen and oxygen atoms in total.